The van der Waals surface area contributed by atoms with Crippen LogP contribution in [-0.4, -0.2) is 11.8 Å². The van der Waals surface area contributed by atoms with Gasteiger partial charge < -0.3 is 0 Å². The average molecular weight is 596 g/mol. The summed E-state index contributed by atoms with van der Waals surface area (Å²) in [7, 11) is 0. The second-order valence-electron chi connectivity index (χ2n) is 13.0. The van der Waals surface area contributed by atoms with Gasteiger partial charge in [0.1, 0.15) is 0 Å². The number of para-hydroxylation sites is 1. The van der Waals surface area contributed by atoms with E-state index >= 15 is 0 Å². The quantitative estimate of drug-likeness (QED) is 0.0878. The van der Waals surface area contributed by atoms with E-state index in [0.29, 0.717) is 11.1 Å². The van der Waals surface area contributed by atoms with Crippen LogP contribution in [0.25, 0.3) is 54.2 Å². The van der Waals surface area contributed by atoms with Crippen molar-refractivity contribution in [3.63, 3.8) is 0 Å². The maximum atomic E-state index is 14.5. The second kappa shape index (κ2) is 10.3. The number of fused-ring (bicyclic) bond motifs is 2. The van der Waals surface area contributed by atoms with Gasteiger partial charge in [-0.3, -0.25) is 9.59 Å². The number of rotatable bonds is 4. The van der Waals surface area contributed by atoms with Crippen molar-refractivity contribution in [2.24, 2.45) is 0 Å². The van der Waals surface area contributed by atoms with Gasteiger partial charge in [-0.25, -0.2) is 4.90 Å². The third-order valence-electron chi connectivity index (χ3n) is 9.68. The molecule has 0 radical (unpaired) electrons. The molecule has 1 aliphatic rings. The highest BCUT2D eigenvalue weighted by atomic mass is 16.2. The summed E-state index contributed by atoms with van der Waals surface area (Å²) in [5, 5.41) is 8.45. The number of amides is 2. The van der Waals surface area contributed by atoms with Gasteiger partial charge in [0.15, 0.2) is 0 Å². The fourth-order valence-corrected chi connectivity index (χ4v) is 7.59. The Hall–Kier alpha value is -5.46. The molecule has 222 valence electrons. The van der Waals surface area contributed by atoms with Gasteiger partial charge >= 0.3 is 0 Å². The number of nitrogens with zero attached hydrogens (tertiary/aromatic N) is 1. The van der Waals surface area contributed by atoms with Crippen LogP contribution in [0.5, 0.6) is 0 Å². The summed E-state index contributed by atoms with van der Waals surface area (Å²) in [6.45, 7) is 10.3. The van der Waals surface area contributed by atoms with Crippen LogP contribution in [0.15, 0.2) is 97.1 Å². The molecule has 8 rings (SSSR count). The number of imide groups is 1. The lowest BCUT2D eigenvalue weighted by molar-refractivity contribution is 0.0893. The minimum atomic E-state index is -0.258. The summed E-state index contributed by atoms with van der Waals surface area (Å²) < 4.78 is 0. The number of hydrogen-bond donors (Lipinski definition) is 0. The highest BCUT2D eigenvalue weighted by Gasteiger charge is 2.38. The van der Waals surface area contributed by atoms with Crippen LogP contribution in [-0.2, 0) is 0 Å². The summed E-state index contributed by atoms with van der Waals surface area (Å²) in [6, 6.07) is 33.4. The molecule has 0 N–H and O–H groups in total. The third kappa shape index (κ3) is 3.87. The molecule has 46 heavy (non-hydrogen) atoms. The Balaban J connectivity index is 1.39. The highest BCUT2D eigenvalue weighted by molar-refractivity contribution is 6.42. The first-order chi connectivity index (χ1) is 22.3. The van der Waals surface area contributed by atoms with Crippen molar-refractivity contribution in [1.82, 2.24) is 0 Å². The molecular weight excluding hydrogens is 562 g/mol. The van der Waals surface area contributed by atoms with Crippen LogP contribution >= 0.6 is 0 Å². The lowest BCUT2D eigenvalue weighted by Gasteiger charge is -2.32. The maximum Gasteiger partial charge on any atom is 0.266 e. The summed E-state index contributed by atoms with van der Waals surface area (Å²) in [4.78, 5) is 30.4. The predicted octanol–water partition coefficient (Wildman–Crippen LogP) is 10.8. The van der Waals surface area contributed by atoms with Crippen molar-refractivity contribution in [2.45, 2.75) is 46.5 Å². The second-order valence-corrected chi connectivity index (χ2v) is 13.0. The molecular formula is C43H33NO2. The van der Waals surface area contributed by atoms with Crippen molar-refractivity contribution in [3.8, 4) is 23.0 Å². The zero-order valence-corrected chi connectivity index (χ0v) is 26.7. The molecule has 0 saturated heterocycles. The number of anilines is 1. The van der Waals surface area contributed by atoms with E-state index in [9.17, 15) is 9.59 Å². The first kappa shape index (κ1) is 28.0. The average Bonchev–Trinajstić information content (AvgIpc) is 3.06. The first-order valence-electron chi connectivity index (χ1n) is 16.0. The molecule has 3 nitrogen and oxygen atoms in total. The lowest BCUT2D eigenvalue weighted by Crippen LogP contribution is -2.41. The van der Waals surface area contributed by atoms with Gasteiger partial charge in [0.2, 0.25) is 0 Å². The van der Waals surface area contributed by atoms with E-state index in [1.54, 1.807) is 0 Å². The van der Waals surface area contributed by atoms with E-state index in [4.69, 9.17) is 0 Å². The Labute approximate surface area is 268 Å². The summed E-state index contributed by atoms with van der Waals surface area (Å²) in [5.74, 6) is 5.89. The Morgan fingerprint density at radius 2 is 1.02 bits per heavy atom. The van der Waals surface area contributed by atoms with Gasteiger partial charge in [0.25, 0.3) is 11.8 Å². The standard InChI is InChI=1S/C43H33NO2/c1-6-9-26-14-16-27(17-15-26)30-18-19-33-35-21-23-37-40-36(22-20-34(39(35)40)32-13-8-12-31(30)38(32)33)42(45)44(43(37)46)41-28(24(2)3)10-7-11-29(41)25(4)5/h7-8,10-25H,1-5H3. The van der Waals surface area contributed by atoms with Crippen LogP contribution in [0.3, 0.4) is 0 Å². The summed E-state index contributed by atoms with van der Waals surface area (Å²) in [6.07, 6.45) is 0. The molecule has 0 unspecified atom stereocenters. The van der Waals surface area contributed by atoms with Crippen LogP contribution in [0.2, 0.25) is 0 Å². The van der Waals surface area contributed by atoms with Crippen molar-refractivity contribution in [3.05, 3.63) is 125 Å². The van der Waals surface area contributed by atoms with Crippen LogP contribution in [0, 0.1) is 11.8 Å². The van der Waals surface area contributed by atoms with Crippen molar-refractivity contribution in [1.29, 1.82) is 0 Å². The lowest BCUT2D eigenvalue weighted by atomic mass is 9.83. The van der Waals surface area contributed by atoms with E-state index < -0.39 is 0 Å². The fraction of sp³-hybridized carbons (Fsp3) is 0.163. The molecule has 0 atom stereocenters. The fourth-order valence-electron chi connectivity index (χ4n) is 7.59. The summed E-state index contributed by atoms with van der Waals surface area (Å²) >= 11 is 0. The SMILES string of the molecule is CC#Cc1ccc(-c2ccc3c4ccc5c6c(ccc(c7cccc2c73)c64)C(=O)N(c2c(C(C)C)cccc2C(C)C)C5=O)cc1. The van der Waals surface area contributed by atoms with E-state index in [2.05, 4.69) is 106 Å². The topological polar surface area (TPSA) is 37.4 Å². The minimum absolute atomic E-state index is 0.149. The zero-order valence-electron chi connectivity index (χ0n) is 26.7. The van der Waals surface area contributed by atoms with E-state index in [1.165, 1.54) is 15.7 Å². The number of benzene rings is 7. The van der Waals surface area contributed by atoms with Gasteiger partial charge in [-0.2, -0.15) is 0 Å². The van der Waals surface area contributed by atoms with Crippen LogP contribution in [0.4, 0.5) is 5.69 Å². The van der Waals surface area contributed by atoms with Crippen molar-refractivity contribution < 1.29 is 9.59 Å². The number of carbonyl (C=O) groups is 2. The van der Waals surface area contributed by atoms with Gasteiger partial charge in [0.05, 0.1) is 5.69 Å². The molecule has 0 spiro atoms. The van der Waals surface area contributed by atoms with Gasteiger partial charge in [-0.1, -0.05) is 106 Å². The van der Waals surface area contributed by atoms with E-state index in [0.717, 1.165) is 65.8 Å². The van der Waals surface area contributed by atoms with Crippen molar-refractivity contribution in [2.75, 3.05) is 4.90 Å². The molecule has 7 aromatic rings. The number of hydrogen-bond acceptors (Lipinski definition) is 2. The Kier molecular flexibility index (Phi) is 6.27. The van der Waals surface area contributed by atoms with E-state index in [-0.39, 0.29) is 23.7 Å². The zero-order chi connectivity index (χ0) is 31.9. The molecule has 0 aromatic heterocycles. The van der Waals surface area contributed by atoms with Crippen LogP contribution < -0.4 is 4.90 Å². The normalized spacial score (nSPS) is 13.2. The van der Waals surface area contributed by atoms with Gasteiger partial charge in [-0.05, 0) is 103 Å². The maximum absolute atomic E-state index is 14.5. The first-order valence-corrected chi connectivity index (χ1v) is 16.0. The monoisotopic (exact) mass is 595 g/mol. The Morgan fingerprint density at radius 1 is 0.522 bits per heavy atom. The minimum Gasteiger partial charge on any atom is -0.268 e. The molecule has 3 heteroatoms. The largest absolute Gasteiger partial charge is 0.268 e. The molecule has 1 aliphatic heterocycles. The molecule has 0 bridgehead atoms. The Bertz CT molecular complexity index is 2370. The molecule has 0 aliphatic carbocycles. The molecule has 1 heterocycles. The molecule has 0 saturated carbocycles. The van der Waals surface area contributed by atoms with Gasteiger partial charge in [-0.15, -0.1) is 5.92 Å². The summed E-state index contributed by atoms with van der Waals surface area (Å²) in [5.41, 5.74) is 7.20. The van der Waals surface area contributed by atoms with Gasteiger partial charge in [0, 0.05) is 22.1 Å². The molecule has 7 aromatic carbocycles. The predicted molar refractivity (Wildman–Crippen MR) is 191 cm³/mol. The van der Waals surface area contributed by atoms with Crippen LogP contribution in [0.1, 0.15) is 83.9 Å². The van der Waals surface area contributed by atoms with E-state index in [1.807, 2.05) is 37.3 Å². The molecule has 2 amide bonds. The Morgan fingerprint density at radius 3 is 1.59 bits per heavy atom. The third-order valence-corrected chi connectivity index (χ3v) is 9.68. The highest BCUT2D eigenvalue weighted by Crippen LogP contribution is 2.47. The number of carbonyl (C=O) groups excluding carboxylic acids is 2. The van der Waals surface area contributed by atoms with Crippen molar-refractivity contribution >= 4 is 60.6 Å². The molecule has 0 fully saturated rings. The smallest absolute Gasteiger partial charge is 0.266 e.